The van der Waals surface area contributed by atoms with Crippen LogP contribution in [0.2, 0.25) is 0 Å². The molecular formula is C27H20N2O4. The minimum absolute atomic E-state index is 0.0910. The summed E-state index contributed by atoms with van der Waals surface area (Å²) in [6, 6.07) is 26.4. The number of rotatable bonds is 6. The first-order valence-electron chi connectivity index (χ1n) is 10.5. The summed E-state index contributed by atoms with van der Waals surface area (Å²) < 4.78 is 5.56. The first-order valence-corrected chi connectivity index (χ1v) is 10.5. The molecule has 3 amide bonds. The standard InChI is InChI=1S/C27H20N2O4/c30-25(28-24(23-14-7-15-33-23)19-9-2-1-3-10-19)20-11-6-8-18(16-20)17-29-26(31)21-12-4-5-13-22(21)27(29)32/h1-16,24H,17H2,(H,28,30). The van der Waals surface area contributed by atoms with E-state index in [0.717, 1.165) is 5.56 Å². The highest BCUT2D eigenvalue weighted by atomic mass is 16.3. The van der Waals surface area contributed by atoms with Crippen LogP contribution >= 0.6 is 0 Å². The molecule has 0 spiro atoms. The van der Waals surface area contributed by atoms with Gasteiger partial charge in [-0.3, -0.25) is 19.3 Å². The number of carbonyl (C=O) groups excluding carboxylic acids is 3. The summed E-state index contributed by atoms with van der Waals surface area (Å²) in [5.41, 5.74) is 2.81. The van der Waals surface area contributed by atoms with E-state index in [4.69, 9.17) is 4.42 Å². The van der Waals surface area contributed by atoms with E-state index in [-0.39, 0.29) is 24.3 Å². The van der Waals surface area contributed by atoms with Gasteiger partial charge in [-0.05, 0) is 47.5 Å². The van der Waals surface area contributed by atoms with Crippen molar-refractivity contribution in [3.63, 3.8) is 0 Å². The lowest BCUT2D eigenvalue weighted by Gasteiger charge is -2.18. The van der Waals surface area contributed by atoms with E-state index in [0.29, 0.717) is 28.0 Å². The van der Waals surface area contributed by atoms with Crippen LogP contribution < -0.4 is 5.32 Å². The number of nitrogens with one attached hydrogen (secondary N) is 1. The molecule has 1 unspecified atom stereocenters. The SMILES string of the molecule is O=C(NC(c1ccccc1)c1ccco1)c1cccc(CN2C(=O)c3ccccc3C2=O)c1. The van der Waals surface area contributed by atoms with Gasteiger partial charge in [0.1, 0.15) is 11.8 Å². The summed E-state index contributed by atoms with van der Waals surface area (Å²) in [6.07, 6.45) is 1.57. The predicted molar refractivity (Wildman–Crippen MR) is 122 cm³/mol. The third kappa shape index (κ3) is 3.94. The quantitative estimate of drug-likeness (QED) is 0.448. The molecule has 1 aliphatic heterocycles. The topological polar surface area (TPSA) is 79.6 Å². The molecule has 4 aromatic rings. The van der Waals surface area contributed by atoms with E-state index in [1.807, 2.05) is 36.4 Å². The smallest absolute Gasteiger partial charge is 0.261 e. The average molecular weight is 436 g/mol. The van der Waals surface area contributed by atoms with E-state index in [2.05, 4.69) is 5.32 Å². The van der Waals surface area contributed by atoms with Gasteiger partial charge in [0.05, 0.1) is 23.9 Å². The number of hydrogen-bond acceptors (Lipinski definition) is 4. The fourth-order valence-electron chi connectivity index (χ4n) is 4.01. The lowest BCUT2D eigenvalue weighted by atomic mass is 10.0. The maximum atomic E-state index is 13.1. The molecule has 5 rings (SSSR count). The van der Waals surface area contributed by atoms with Gasteiger partial charge in [-0.1, -0.05) is 54.6 Å². The fourth-order valence-corrected chi connectivity index (χ4v) is 4.01. The highest BCUT2D eigenvalue weighted by molar-refractivity contribution is 6.21. The van der Waals surface area contributed by atoms with Crippen LogP contribution in [-0.4, -0.2) is 22.6 Å². The Morgan fingerprint density at radius 2 is 1.52 bits per heavy atom. The van der Waals surface area contributed by atoms with Gasteiger partial charge < -0.3 is 9.73 Å². The molecule has 0 fully saturated rings. The summed E-state index contributed by atoms with van der Waals surface area (Å²) in [6.45, 7) is 0.0910. The largest absolute Gasteiger partial charge is 0.467 e. The Kier molecular flexibility index (Phi) is 5.32. The molecule has 6 heteroatoms. The predicted octanol–water partition coefficient (Wildman–Crippen LogP) is 4.60. The Morgan fingerprint density at radius 1 is 0.818 bits per heavy atom. The van der Waals surface area contributed by atoms with Crippen molar-refractivity contribution in [2.45, 2.75) is 12.6 Å². The third-order valence-electron chi connectivity index (χ3n) is 5.64. The first kappa shape index (κ1) is 20.5. The molecule has 162 valence electrons. The molecule has 1 aliphatic rings. The van der Waals surface area contributed by atoms with E-state index >= 15 is 0 Å². The molecule has 1 aromatic heterocycles. The monoisotopic (exact) mass is 436 g/mol. The molecule has 0 bridgehead atoms. The number of fused-ring (bicyclic) bond motifs is 1. The van der Waals surface area contributed by atoms with Crippen molar-refractivity contribution in [2.75, 3.05) is 0 Å². The van der Waals surface area contributed by atoms with Gasteiger partial charge in [0.2, 0.25) is 0 Å². The maximum absolute atomic E-state index is 13.1. The maximum Gasteiger partial charge on any atom is 0.261 e. The van der Waals surface area contributed by atoms with E-state index < -0.39 is 6.04 Å². The van der Waals surface area contributed by atoms with Crippen molar-refractivity contribution in [1.29, 1.82) is 0 Å². The van der Waals surface area contributed by atoms with Gasteiger partial charge >= 0.3 is 0 Å². The molecule has 2 heterocycles. The van der Waals surface area contributed by atoms with Crippen molar-refractivity contribution in [3.8, 4) is 0 Å². The number of nitrogens with zero attached hydrogens (tertiary/aromatic N) is 1. The molecule has 6 nitrogen and oxygen atoms in total. The van der Waals surface area contributed by atoms with Gasteiger partial charge in [-0.2, -0.15) is 0 Å². The summed E-state index contributed by atoms with van der Waals surface area (Å²) in [7, 11) is 0. The summed E-state index contributed by atoms with van der Waals surface area (Å²) >= 11 is 0. The second kappa shape index (κ2) is 8.59. The van der Waals surface area contributed by atoms with Crippen molar-refractivity contribution < 1.29 is 18.8 Å². The number of imide groups is 1. The van der Waals surface area contributed by atoms with Crippen molar-refractivity contribution in [2.24, 2.45) is 0 Å². The lowest BCUT2D eigenvalue weighted by Crippen LogP contribution is -2.30. The van der Waals surface area contributed by atoms with Crippen LogP contribution in [0.4, 0.5) is 0 Å². The number of hydrogen-bond donors (Lipinski definition) is 1. The van der Waals surface area contributed by atoms with Gasteiger partial charge in [0, 0.05) is 5.56 Å². The zero-order chi connectivity index (χ0) is 22.8. The second-order valence-electron chi connectivity index (χ2n) is 7.77. The Hall–Kier alpha value is -4.45. The fraction of sp³-hybridized carbons (Fsp3) is 0.0741. The number of benzene rings is 3. The number of carbonyl (C=O) groups is 3. The van der Waals surface area contributed by atoms with Gasteiger partial charge in [0.15, 0.2) is 0 Å². The van der Waals surface area contributed by atoms with Crippen molar-refractivity contribution in [1.82, 2.24) is 10.2 Å². The summed E-state index contributed by atoms with van der Waals surface area (Å²) in [5.74, 6) is -0.318. The minimum atomic E-state index is -0.450. The Morgan fingerprint density at radius 3 is 2.18 bits per heavy atom. The van der Waals surface area contributed by atoms with E-state index in [9.17, 15) is 14.4 Å². The van der Waals surface area contributed by atoms with Crippen LogP contribution in [0.5, 0.6) is 0 Å². The van der Waals surface area contributed by atoms with E-state index in [1.54, 1.807) is 60.9 Å². The molecule has 0 saturated heterocycles. The van der Waals surface area contributed by atoms with Crippen LogP contribution in [0, 0.1) is 0 Å². The molecular weight excluding hydrogens is 416 g/mol. The molecule has 1 N–H and O–H groups in total. The Bertz CT molecular complexity index is 1290. The van der Waals surface area contributed by atoms with Crippen LogP contribution in [-0.2, 0) is 6.54 Å². The zero-order valence-electron chi connectivity index (χ0n) is 17.6. The van der Waals surface area contributed by atoms with Crippen LogP contribution in [0.25, 0.3) is 0 Å². The number of amides is 3. The Labute approximate surface area is 190 Å². The molecule has 1 atom stereocenters. The highest BCUT2D eigenvalue weighted by Crippen LogP contribution is 2.25. The van der Waals surface area contributed by atoms with Gasteiger partial charge in [-0.25, -0.2) is 0 Å². The number of furan rings is 1. The lowest BCUT2D eigenvalue weighted by molar-refractivity contribution is 0.0642. The molecule has 0 aliphatic carbocycles. The Balaban J connectivity index is 1.36. The summed E-state index contributed by atoms with van der Waals surface area (Å²) in [4.78, 5) is 39.7. The molecule has 33 heavy (non-hydrogen) atoms. The third-order valence-corrected chi connectivity index (χ3v) is 5.64. The van der Waals surface area contributed by atoms with Crippen LogP contribution in [0.1, 0.15) is 54.0 Å². The first-order chi connectivity index (χ1) is 16.1. The zero-order valence-corrected chi connectivity index (χ0v) is 17.6. The molecule has 0 radical (unpaired) electrons. The highest BCUT2D eigenvalue weighted by Gasteiger charge is 2.35. The van der Waals surface area contributed by atoms with Gasteiger partial charge in [0.25, 0.3) is 17.7 Å². The van der Waals surface area contributed by atoms with Gasteiger partial charge in [-0.15, -0.1) is 0 Å². The van der Waals surface area contributed by atoms with Crippen LogP contribution in [0.3, 0.4) is 0 Å². The van der Waals surface area contributed by atoms with Crippen molar-refractivity contribution in [3.05, 3.63) is 131 Å². The molecule has 3 aromatic carbocycles. The average Bonchev–Trinajstić information content (AvgIpc) is 3.47. The normalized spacial score (nSPS) is 13.6. The van der Waals surface area contributed by atoms with Crippen molar-refractivity contribution >= 4 is 17.7 Å². The van der Waals surface area contributed by atoms with E-state index in [1.165, 1.54) is 4.90 Å². The molecule has 0 saturated carbocycles. The second-order valence-corrected chi connectivity index (χ2v) is 7.77. The summed E-state index contributed by atoms with van der Waals surface area (Å²) in [5, 5.41) is 3.02. The minimum Gasteiger partial charge on any atom is -0.467 e. The van der Waals surface area contributed by atoms with Crippen LogP contribution in [0.15, 0.2) is 102 Å².